The molecular formula is C21H24O4. The minimum absolute atomic E-state index is 0.256. The van der Waals surface area contributed by atoms with Gasteiger partial charge in [-0.2, -0.15) is 0 Å². The third-order valence-electron chi connectivity index (χ3n) is 3.77. The lowest BCUT2D eigenvalue weighted by atomic mass is 10.0. The van der Waals surface area contributed by atoms with Crippen LogP contribution in [0.2, 0.25) is 0 Å². The van der Waals surface area contributed by atoms with Crippen LogP contribution in [-0.2, 0) is 22.4 Å². The van der Waals surface area contributed by atoms with Crippen LogP contribution in [0, 0.1) is 0 Å². The number of carbonyl (C=O) groups is 1. The van der Waals surface area contributed by atoms with Gasteiger partial charge in [0.05, 0.1) is 6.61 Å². The monoisotopic (exact) mass is 340 g/mol. The van der Waals surface area contributed by atoms with Crippen molar-refractivity contribution in [2.24, 2.45) is 0 Å². The van der Waals surface area contributed by atoms with Gasteiger partial charge in [-0.05, 0) is 55.5 Å². The first-order valence-corrected chi connectivity index (χ1v) is 8.44. The van der Waals surface area contributed by atoms with Crippen molar-refractivity contribution >= 4 is 5.97 Å². The second-order valence-corrected chi connectivity index (χ2v) is 5.67. The molecule has 0 aliphatic heterocycles. The van der Waals surface area contributed by atoms with Crippen molar-refractivity contribution in [2.45, 2.75) is 32.3 Å². The number of allylic oxidation sites excluding steroid dienone is 1. The number of hydrogen-bond donors (Lipinski definition) is 1. The Bertz CT molecular complexity index is 694. The highest BCUT2D eigenvalue weighted by molar-refractivity contribution is 5.75. The van der Waals surface area contributed by atoms with Crippen molar-refractivity contribution in [3.8, 4) is 11.5 Å². The molecule has 0 aliphatic carbocycles. The summed E-state index contributed by atoms with van der Waals surface area (Å²) in [5.74, 6) is 0.529. The molecule has 0 aliphatic rings. The van der Waals surface area contributed by atoms with E-state index in [0.29, 0.717) is 31.6 Å². The number of hydrogen-bond acceptors (Lipinski definition) is 4. The van der Waals surface area contributed by atoms with Crippen LogP contribution in [0.4, 0.5) is 0 Å². The summed E-state index contributed by atoms with van der Waals surface area (Å²) in [6.45, 7) is 5.79. The van der Waals surface area contributed by atoms with E-state index in [1.165, 1.54) is 0 Å². The van der Waals surface area contributed by atoms with E-state index < -0.39 is 6.10 Å². The summed E-state index contributed by atoms with van der Waals surface area (Å²) in [6.07, 6.45) is 2.81. The van der Waals surface area contributed by atoms with Gasteiger partial charge in [0.25, 0.3) is 0 Å². The summed E-state index contributed by atoms with van der Waals surface area (Å²) in [4.78, 5) is 12.2. The maximum Gasteiger partial charge on any atom is 0.347 e. The first-order valence-electron chi connectivity index (χ1n) is 8.44. The maximum absolute atomic E-state index is 12.2. The van der Waals surface area contributed by atoms with Gasteiger partial charge >= 0.3 is 5.97 Å². The fourth-order valence-electron chi connectivity index (χ4n) is 2.53. The van der Waals surface area contributed by atoms with Crippen LogP contribution >= 0.6 is 0 Å². The molecule has 0 amide bonds. The molecule has 2 aromatic rings. The number of aromatic hydroxyl groups is 1. The third-order valence-corrected chi connectivity index (χ3v) is 3.77. The van der Waals surface area contributed by atoms with Gasteiger partial charge < -0.3 is 14.6 Å². The summed E-state index contributed by atoms with van der Waals surface area (Å²) in [5, 5.41) is 9.85. The summed E-state index contributed by atoms with van der Waals surface area (Å²) >= 11 is 0. The van der Waals surface area contributed by atoms with Gasteiger partial charge in [0.15, 0.2) is 6.10 Å². The van der Waals surface area contributed by atoms with Gasteiger partial charge in [0.1, 0.15) is 11.5 Å². The molecule has 1 unspecified atom stereocenters. The number of benzene rings is 2. The molecule has 1 N–H and O–H groups in total. The molecule has 2 rings (SSSR count). The molecule has 1 atom stereocenters. The Kier molecular flexibility index (Phi) is 7.08. The van der Waals surface area contributed by atoms with Crippen molar-refractivity contribution in [2.75, 3.05) is 6.61 Å². The van der Waals surface area contributed by atoms with Gasteiger partial charge in [0, 0.05) is 0 Å². The van der Waals surface area contributed by atoms with E-state index in [2.05, 4.69) is 6.58 Å². The van der Waals surface area contributed by atoms with E-state index in [0.717, 1.165) is 11.1 Å². The normalized spacial score (nSPS) is 11.6. The van der Waals surface area contributed by atoms with Gasteiger partial charge in [-0.25, -0.2) is 4.79 Å². The van der Waals surface area contributed by atoms with E-state index in [1.54, 1.807) is 19.1 Å². The smallest absolute Gasteiger partial charge is 0.347 e. The van der Waals surface area contributed by atoms with Crippen molar-refractivity contribution in [3.05, 3.63) is 72.3 Å². The standard InChI is InChI=1S/C21H24O4/c1-3-8-17-15-16(11-13-19(17)22)12-14-20(21(23)24-4-2)25-18-9-6-5-7-10-18/h3,5-7,9-11,13,15,20,22H,1,4,8,12,14H2,2H3. The zero-order chi connectivity index (χ0) is 18.1. The lowest BCUT2D eigenvalue weighted by Gasteiger charge is -2.18. The van der Waals surface area contributed by atoms with Crippen LogP contribution in [0.3, 0.4) is 0 Å². The molecule has 0 spiro atoms. The molecule has 0 aromatic heterocycles. The molecule has 132 valence electrons. The second kappa shape index (κ2) is 9.52. The Morgan fingerprint density at radius 1 is 1.24 bits per heavy atom. The summed E-state index contributed by atoms with van der Waals surface area (Å²) in [6, 6.07) is 14.7. The number of rotatable bonds is 9. The lowest BCUT2D eigenvalue weighted by molar-refractivity contribution is -0.151. The van der Waals surface area contributed by atoms with Crippen molar-refractivity contribution in [1.82, 2.24) is 0 Å². The molecule has 25 heavy (non-hydrogen) atoms. The Hall–Kier alpha value is -2.75. The highest BCUT2D eigenvalue weighted by Crippen LogP contribution is 2.21. The van der Waals surface area contributed by atoms with E-state index in [-0.39, 0.29) is 11.7 Å². The SMILES string of the molecule is C=CCc1cc(CCC(Oc2ccccc2)C(=O)OCC)ccc1O. The zero-order valence-corrected chi connectivity index (χ0v) is 14.5. The van der Waals surface area contributed by atoms with E-state index in [9.17, 15) is 9.90 Å². The predicted molar refractivity (Wildman–Crippen MR) is 97.8 cm³/mol. The number of phenols is 1. The molecule has 0 heterocycles. The molecule has 0 saturated heterocycles. The van der Waals surface area contributed by atoms with Crippen LogP contribution in [0.15, 0.2) is 61.2 Å². The molecule has 0 bridgehead atoms. The number of para-hydroxylation sites is 1. The van der Waals surface area contributed by atoms with Gasteiger partial charge in [-0.15, -0.1) is 6.58 Å². The third kappa shape index (κ3) is 5.68. The number of esters is 1. The predicted octanol–water partition coefficient (Wildman–Crippen LogP) is 4.06. The molecule has 0 fully saturated rings. The Balaban J connectivity index is 2.07. The minimum atomic E-state index is -0.668. The van der Waals surface area contributed by atoms with Crippen LogP contribution in [0.5, 0.6) is 11.5 Å². The summed E-state index contributed by atoms with van der Waals surface area (Å²) in [7, 11) is 0. The first-order chi connectivity index (χ1) is 12.1. The van der Waals surface area contributed by atoms with E-state index >= 15 is 0 Å². The first kappa shape index (κ1) is 18.6. The van der Waals surface area contributed by atoms with Crippen molar-refractivity contribution < 1.29 is 19.4 Å². The number of aryl methyl sites for hydroxylation is 1. The molecule has 0 saturated carbocycles. The lowest BCUT2D eigenvalue weighted by Crippen LogP contribution is -2.30. The molecular weight excluding hydrogens is 316 g/mol. The highest BCUT2D eigenvalue weighted by atomic mass is 16.6. The van der Waals surface area contributed by atoms with E-state index in [4.69, 9.17) is 9.47 Å². The molecule has 2 aromatic carbocycles. The molecule has 4 nitrogen and oxygen atoms in total. The van der Waals surface area contributed by atoms with Crippen molar-refractivity contribution in [3.63, 3.8) is 0 Å². The molecule has 4 heteroatoms. The van der Waals surface area contributed by atoms with Crippen LogP contribution in [0.1, 0.15) is 24.5 Å². The van der Waals surface area contributed by atoms with Gasteiger partial charge in [-0.1, -0.05) is 36.4 Å². The Morgan fingerprint density at radius 3 is 2.68 bits per heavy atom. The van der Waals surface area contributed by atoms with Crippen LogP contribution in [0.25, 0.3) is 0 Å². The van der Waals surface area contributed by atoms with Gasteiger partial charge in [0.2, 0.25) is 0 Å². The van der Waals surface area contributed by atoms with Crippen LogP contribution in [-0.4, -0.2) is 23.8 Å². The average molecular weight is 340 g/mol. The zero-order valence-electron chi connectivity index (χ0n) is 14.5. The Labute approximate surface area is 148 Å². The number of ether oxygens (including phenoxy) is 2. The number of phenolic OH excluding ortho intramolecular Hbond substituents is 1. The maximum atomic E-state index is 12.2. The summed E-state index contributed by atoms with van der Waals surface area (Å²) in [5.41, 5.74) is 1.85. The fraction of sp³-hybridized carbons (Fsp3) is 0.286. The number of carbonyl (C=O) groups excluding carboxylic acids is 1. The second-order valence-electron chi connectivity index (χ2n) is 5.67. The van der Waals surface area contributed by atoms with E-state index in [1.807, 2.05) is 42.5 Å². The summed E-state index contributed by atoms with van der Waals surface area (Å²) < 4.78 is 10.9. The average Bonchev–Trinajstić information content (AvgIpc) is 2.62. The topological polar surface area (TPSA) is 55.8 Å². The Morgan fingerprint density at radius 2 is 2.00 bits per heavy atom. The minimum Gasteiger partial charge on any atom is -0.508 e. The molecule has 0 radical (unpaired) electrons. The quantitative estimate of drug-likeness (QED) is 0.552. The van der Waals surface area contributed by atoms with Crippen LogP contribution < -0.4 is 4.74 Å². The fourth-order valence-corrected chi connectivity index (χ4v) is 2.53. The van der Waals surface area contributed by atoms with Gasteiger partial charge in [-0.3, -0.25) is 0 Å². The van der Waals surface area contributed by atoms with Crippen molar-refractivity contribution in [1.29, 1.82) is 0 Å². The highest BCUT2D eigenvalue weighted by Gasteiger charge is 2.22. The largest absolute Gasteiger partial charge is 0.508 e.